The van der Waals surface area contributed by atoms with Crippen LogP contribution in [0.3, 0.4) is 0 Å². The van der Waals surface area contributed by atoms with Gasteiger partial charge >= 0.3 is 0 Å². The Kier molecular flexibility index (Phi) is 7.26. The number of hydrogen-bond donors (Lipinski definition) is 0. The Balaban J connectivity index is 1.05. The molecule has 7 aromatic carbocycles. The van der Waals surface area contributed by atoms with Gasteiger partial charge in [-0.25, -0.2) is 0 Å². The van der Waals surface area contributed by atoms with Gasteiger partial charge < -0.3 is 4.90 Å². The van der Waals surface area contributed by atoms with Crippen molar-refractivity contribution in [2.45, 2.75) is 81.5 Å². The molecule has 0 radical (unpaired) electrons. The van der Waals surface area contributed by atoms with Crippen LogP contribution in [-0.2, 0) is 10.8 Å². The van der Waals surface area contributed by atoms with E-state index in [9.17, 15) is 0 Å². The fourth-order valence-corrected chi connectivity index (χ4v) is 14.5. The summed E-state index contributed by atoms with van der Waals surface area (Å²) in [6.07, 6.45) is 14.9. The van der Waals surface area contributed by atoms with Gasteiger partial charge in [-0.05, 0) is 160 Å². The molecule has 0 heterocycles. The van der Waals surface area contributed by atoms with Crippen molar-refractivity contribution in [1.29, 1.82) is 0 Å². The van der Waals surface area contributed by atoms with Gasteiger partial charge in [-0.1, -0.05) is 147 Å². The lowest BCUT2D eigenvalue weighted by Crippen LogP contribution is -2.48. The van der Waals surface area contributed by atoms with Gasteiger partial charge in [0.25, 0.3) is 0 Å². The topological polar surface area (TPSA) is 3.24 Å². The predicted octanol–water partition coefficient (Wildman–Crippen LogP) is 15.3. The Morgan fingerprint density at radius 2 is 1.05 bits per heavy atom. The Morgan fingerprint density at radius 3 is 1.91 bits per heavy atom. The Morgan fingerprint density at radius 1 is 0.414 bits per heavy atom. The second-order valence-electron chi connectivity index (χ2n) is 19.1. The van der Waals surface area contributed by atoms with Crippen LogP contribution >= 0.6 is 0 Å². The summed E-state index contributed by atoms with van der Waals surface area (Å²) in [7, 11) is 0. The van der Waals surface area contributed by atoms with Crippen LogP contribution in [0, 0.1) is 23.7 Å². The zero-order chi connectivity index (χ0) is 38.0. The van der Waals surface area contributed by atoms with Gasteiger partial charge in [0.1, 0.15) is 0 Å². The highest BCUT2D eigenvalue weighted by atomic mass is 15.1. The molecule has 0 amide bonds. The van der Waals surface area contributed by atoms with Crippen molar-refractivity contribution in [1.82, 2.24) is 0 Å². The van der Waals surface area contributed by atoms with Crippen molar-refractivity contribution in [3.63, 3.8) is 0 Å². The van der Waals surface area contributed by atoms with E-state index in [0.717, 1.165) is 23.7 Å². The molecule has 4 bridgehead atoms. The summed E-state index contributed by atoms with van der Waals surface area (Å²) in [6, 6.07) is 59.1. The molecule has 284 valence electrons. The van der Waals surface area contributed by atoms with Crippen LogP contribution in [-0.4, -0.2) is 0 Å². The lowest BCUT2D eigenvalue weighted by molar-refractivity contribution is 0.0618. The molecule has 0 aliphatic heterocycles. The predicted molar refractivity (Wildman–Crippen MR) is 241 cm³/mol. The van der Waals surface area contributed by atoms with Crippen molar-refractivity contribution in [3.05, 3.63) is 174 Å². The van der Waals surface area contributed by atoms with Gasteiger partial charge in [0.15, 0.2) is 0 Å². The maximum Gasteiger partial charge on any atom is 0.0540 e. The summed E-state index contributed by atoms with van der Waals surface area (Å²) in [5.74, 6) is 3.34. The minimum Gasteiger partial charge on any atom is -0.310 e. The SMILES string of the molecule is c1ccc(-c2ccc(N(c3ccc4c(c3)-c3ccccc3C43C4CCC5CC(C4)CC3C5)c3ccc4c(c3)C3(CCCCC3)c3ccccc3-4)c3ccccc23)cc1. The molecule has 7 aliphatic rings. The number of nitrogens with zero attached hydrogens (tertiary/aromatic N) is 1. The quantitative estimate of drug-likeness (QED) is 0.173. The normalized spacial score (nSPS) is 25.4. The third kappa shape index (κ3) is 4.54. The number of benzene rings is 7. The van der Waals surface area contributed by atoms with E-state index in [1.54, 1.807) is 16.7 Å². The molecule has 5 atom stereocenters. The van der Waals surface area contributed by atoms with Crippen LogP contribution in [0.2, 0.25) is 0 Å². The van der Waals surface area contributed by atoms with E-state index in [1.165, 1.54) is 137 Å². The fraction of sp³-hybridized carbons (Fsp3) is 0.298. The molecule has 2 spiro atoms. The first-order valence-corrected chi connectivity index (χ1v) is 22.6. The minimum atomic E-state index is 0.0896. The molecule has 58 heavy (non-hydrogen) atoms. The first kappa shape index (κ1) is 33.6. The van der Waals surface area contributed by atoms with Crippen LogP contribution in [0.25, 0.3) is 44.2 Å². The number of fused-ring (bicyclic) bond motifs is 10. The molecule has 0 saturated heterocycles. The average Bonchev–Trinajstić information content (AvgIpc) is 3.60. The monoisotopic (exact) mass is 749 g/mol. The van der Waals surface area contributed by atoms with Crippen molar-refractivity contribution >= 4 is 27.8 Å². The van der Waals surface area contributed by atoms with E-state index in [2.05, 4.69) is 157 Å². The third-order valence-corrected chi connectivity index (χ3v) is 16.5. The summed E-state index contributed by atoms with van der Waals surface area (Å²) in [6.45, 7) is 0. The third-order valence-electron chi connectivity index (χ3n) is 16.5. The van der Waals surface area contributed by atoms with Crippen LogP contribution in [0.4, 0.5) is 17.1 Å². The standard InChI is InChI=1S/C57H51N/c1-3-13-39(14-4-1)44-26-28-55(49-18-6-5-15-45(44)49)58(43-23-25-48-46-16-7-9-19-51(46)56(54(48)36-43)29-11-2-12-30-56)42-24-27-53-50(35-42)47-17-8-10-20-52(47)57(53)40-22-21-37-31-38(33-40)34-41(57)32-37/h1,3-10,13-20,23-28,35-38,40-41H,2,11-12,21-22,29-34H2. The van der Waals surface area contributed by atoms with Crippen LogP contribution in [0.1, 0.15) is 92.9 Å². The molecular weight excluding hydrogens is 699 g/mol. The number of anilines is 3. The summed E-state index contributed by atoms with van der Waals surface area (Å²) < 4.78 is 0. The van der Waals surface area contributed by atoms with Crippen LogP contribution in [0.5, 0.6) is 0 Å². The van der Waals surface area contributed by atoms with Gasteiger partial charge in [-0.15, -0.1) is 0 Å². The largest absolute Gasteiger partial charge is 0.310 e. The highest BCUT2D eigenvalue weighted by molar-refractivity contribution is 6.06. The lowest BCUT2D eigenvalue weighted by Gasteiger charge is -2.53. The molecule has 1 nitrogen and oxygen atoms in total. The maximum absolute atomic E-state index is 2.63. The van der Waals surface area contributed by atoms with Crippen molar-refractivity contribution in [2.75, 3.05) is 4.90 Å². The molecular formula is C57H51N. The molecule has 5 fully saturated rings. The van der Waals surface area contributed by atoms with E-state index in [0.29, 0.717) is 0 Å². The Bertz CT molecular complexity index is 2760. The van der Waals surface area contributed by atoms with Crippen LogP contribution in [0.15, 0.2) is 152 Å². The molecule has 14 rings (SSSR count). The first-order chi connectivity index (χ1) is 28.7. The van der Waals surface area contributed by atoms with Gasteiger partial charge in [0.05, 0.1) is 5.69 Å². The first-order valence-electron chi connectivity index (χ1n) is 22.6. The molecule has 5 saturated carbocycles. The summed E-state index contributed by atoms with van der Waals surface area (Å²) in [4.78, 5) is 2.63. The second kappa shape index (κ2) is 12.6. The second-order valence-corrected chi connectivity index (χ2v) is 19.1. The van der Waals surface area contributed by atoms with E-state index < -0.39 is 0 Å². The molecule has 5 unspecified atom stereocenters. The van der Waals surface area contributed by atoms with Gasteiger partial charge in [0.2, 0.25) is 0 Å². The molecule has 7 aliphatic carbocycles. The zero-order valence-corrected chi connectivity index (χ0v) is 33.5. The van der Waals surface area contributed by atoms with E-state index in [4.69, 9.17) is 0 Å². The minimum absolute atomic E-state index is 0.0896. The van der Waals surface area contributed by atoms with Crippen molar-refractivity contribution < 1.29 is 0 Å². The molecule has 0 N–H and O–H groups in total. The van der Waals surface area contributed by atoms with E-state index in [-0.39, 0.29) is 10.8 Å². The van der Waals surface area contributed by atoms with Gasteiger partial charge in [-0.2, -0.15) is 0 Å². The molecule has 1 heteroatoms. The smallest absolute Gasteiger partial charge is 0.0540 e. The van der Waals surface area contributed by atoms with Crippen molar-refractivity contribution in [3.8, 4) is 33.4 Å². The summed E-state index contributed by atoms with van der Waals surface area (Å²) in [5, 5.41) is 2.58. The zero-order valence-electron chi connectivity index (χ0n) is 33.5. The Hall–Kier alpha value is -5.40. The van der Waals surface area contributed by atoms with Gasteiger partial charge in [-0.3, -0.25) is 0 Å². The highest BCUT2D eigenvalue weighted by Gasteiger charge is 2.59. The average molecular weight is 750 g/mol. The molecule has 0 aromatic heterocycles. The van der Waals surface area contributed by atoms with Crippen molar-refractivity contribution in [2.24, 2.45) is 23.7 Å². The van der Waals surface area contributed by atoms with Gasteiger partial charge in [0, 0.05) is 27.6 Å². The lowest BCUT2D eigenvalue weighted by atomic mass is 9.51. The highest BCUT2D eigenvalue weighted by Crippen LogP contribution is 2.68. The number of hydrogen-bond acceptors (Lipinski definition) is 1. The van der Waals surface area contributed by atoms with E-state index >= 15 is 0 Å². The fourth-order valence-electron chi connectivity index (χ4n) is 14.5. The maximum atomic E-state index is 2.63. The summed E-state index contributed by atoms with van der Waals surface area (Å²) >= 11 is 0. The van der Waals surface area contributed by atoms with Crippen LogP contribution < -0.4 is 4.90 Å². The van der Waals surface area contributed by atoms with E-state index in [1.807, 2.05) is 0 Å². The Labute approximate surface area is 343 Å². The summed E-state index contributed by atoms with van der Waals surface area (Å²) in [5.41, 5.74) is 18.8. The number of rotatable bonds is 4. The molecule has 7 aromatic rings.